The maximum Gasteiger partial charge on any atom is 0.414 e. The number of carbonyl (C=O) groups excluding carboxylic acids is 1. The molecule has 0 radical (unpaired) electrons. The second-order valence-corrected chi connectivity index (χ2v) is 18.9. The van der Waals surface area contributed by atoms with Gasteiger partial charge >= 0.3 is 6.09 Å². The molecular weight excluding hydrogens is 553 g/mol. The fourth-order valence-corrected chi connectivity index (χ4v) is 6.15. The van der Waals surface area contributed by atoms with Crippen LogP contribution in [0.2, 0.25) is 18.1 Å². The second kappa shape index (κ2) is 10.8. The Bertz CT molecular complexity index is 1500. The van der Waals surface area contributed by atoms with Crippen LogP contribution in [0.3, 0.4) is 0 Å². The first kappa shape index (κ1) is 30.6. The summed E-state index contributed by atoms with van der Waals surface area (Å²) < 4.78 is 16.8. The van der Waals surface area contributed by atoms with Crippen LogP contribution in [0.25, 0.3) is 11.3 Å². The van der Waals surface area contributed by atoms with Crippen LogP contribution in [0.4, 0.5) is 22.1 Å². The van der Waals surface area contributed by atoms with Gasteiger partial charge in [0.25, 0.3) is 0 Å². The Morgan fingerprint density at radius 2 is 1.95 bits per heavy atom. The molecule has 1 amide bonds. The van der Waals surface area contributed by atoms with E-state index in [0.29, 0.717) is 36.0 Å². The van der Waals surface area contributed by atoms with Gasteiger partial charge in [-0.25, -0.2) is 14.8 Å². The zero-order valence-corrected chi connectivity index (χ0v) is 27.5. The zero-order chi connectivity index (χ0) is 30.4. The Labute approximate surface area is 248 Å². The van der Waals surface area contributed by atoms with Gasteiger partial charge in [0.15, 0.2) is 8.32 Å². The highest BCUT2D eigenvalue weighted by Crippen LogP contribution is 2.47. The Hall–Kier alpha value is -3.33. The molecule has 0 fully saturated rings. The topological polar surface area (TPSA) is 113 Å². The molecule has 3 heterocycles. The number of rotatable bonds is 6. The monoisotopic (exact) mass is 592 g/mol. The lowest BCUT2D eigenvalue weighted by atomic mass is 9.83. The van der Waals surface area contributed by atoms with Crippen molar-refractivity contribution in [2.24, 2.45) is 0 Å². The average molecular weight is 593 g/mol. The first-order valence-corrected chi connectivity index (χ1v) is 17.4. The molecule has 0 unspecified atom stereocenters. The SMILES string of the molecule is Cc1nscc1Nc1nccc(-c2cc(C#N)c3c(c2)[C@@](C)(CO[Si](C)(C)C(C)(C)C)CN3C(=O)OC(C)(C)C)n1. The average Bonchev–Trinajstić information content (AvgIpc) is 3.41. The molecule has 0 aliphatic carbocycles. The number of hydrogen-bond acceptors (Lipinski definition) is 9. The molecule has 3 aromatic rings. The van der Waals surface area contributed by atoms with Crippen molar-refractivity contribution in [1.29, 1.82) is 5.26 Å². The molecule has 0 bridgehead atoms. The number of benzene rings is 1. The number of fused-ring (bicyclic) bond motifs is 1. The molecular formula is C30H40N6O3SSi. The number of hydrogen-bond donors (Lipinski definition) is 1. The number of nitrogens with zero attached hydrogens (tertiary/aromatic N) is 5. The summed E-state index contributed by atoms with van der Waals surface area (Å²) in [6, 6.07) is 7.95. The molecule has 1 aliphatic rings. The third-order valence-electron chi connectivity index (χ3n) is 7.78. The van der Waals surface area contributed by atoms with E-state index >= 15 is 0 Å². The number of ether oxygens (including phenoxy) is 1. The number of anilines is 3. The third kappa shape index (κ3) is 6.45. The van der Waals surface area contributed by atoms with Gasteiger partial charge < -0.3 is 14.5 Å². The van der Waals surface area contributed by atoms with Gasteiger partial charge in [0.1, 0.15) is 11.7 Å². The summed E-state index contributed by atoms with van der Waals surface area (Å²) in [6.07, 6.45) is 1.21. The van der Waals surface area contributed by atoms with Crippen molar-refractivity contribution in [3.8, 4) is 17.3 Å². The standard InChI is InChI=1S/C30H40N6O3SSi/c1-19-24(16-40-35-19)34-26-32-12-11-23(33-26)20-13-21(15-31)25-22(14-20)30(8,18-38-41(9,10)29(5,6)7)17-36(25)27(37)39-28(2,3)4/h11-14,16H,17-18H2,1-10H3,(H,32,33,34)/t30-/m1/s1. The number of nitrogens with one attached hydrogen (secondary N) is 1. The van der Waals surface area contributed by atoms with Crippen molar-refractivity contribution in [2.45, 2.75) is 84.5 Å². The summed E-state index contributed by atoms with van der Waals surface area (Å²) in [5.74, 6) is 0.434. The van der Waals surface area contributed by atoms with E-state index in [2.05, 4.69) is 61.5 Å². The highest BCUT2D eigenvalue weighted by atomic mass is 32.1. The quantitative estimate of drug-likeness (QED) is 0.292. The molecule has 1 atom stereocenters. The van der Waals surface area contributed by atoms with Crippen LogP contribution in [0.5, 0.6) is 0 Å². The Morgan fingerprint density at radius 3 is 2.54 bits per heavy atom. The van der Waals surface area contributed by atoms with Crippen molar-refractivity contribution < 1.29 is 14.0 Å². The van der Waals surface area contributed by atoms with E-state index in [1.807, 2.05) is 45.2 Å². The number of nitriles is 1. The maximum absolute atomic E-state index is 13.4. The number of aryl methyl sites for hydroxylation is 1. The third-order valence-corrected chi connectivity index (χ3v) is 13.0. The van der Waals surface area contributed by atoms with Gasteiger partial charge in [0.05, 0.1) is 28.3 Å². The molecule has 41 heavy (non-hydrogen) atoms. The van der Waals surface area contributed by atoms with Crippen molar-refractivity contribution in [3.63, 3.8) is 0 Å². The first-order valence-electron chi connectivity index (χ1n) is 13.7. The molecule has 11 heteroatoms. The summed E-state index contributed by atoms with van der Waals surface area (Å²) in [7, 11) is -2.10. The van der Waals surface area contributed by atoms with E-state index < -0.39 is 25.4 Å². The van der Waals surface area contributed by atoms with Gasteiger partial charge in [-0.2, -0.15) is 9.64 Å². The summed E-state index contributed by atoms with van der Waals surface area (Å²) in [5, 5.41) is 15.5. The van der Waals surface area contributed by atoms with E-state index in [1.54, 1.807) is 17.2 Å². The highest BCUT2D eigenvalue weighted by Gasteiger charge is 2.47. The van der Waals surface area contributed by atoms with Crippen LogP contribution in [-0.2, 0) is 14.6 Å². The van der Waals surface area contributed by atoms with Gasteiger partial charge in [0.2, 0.25) is 5.95 Å². The van der Waals surface area contributed by atoms with Crippen LogP contribution in [0.15, 0.2) is 29.8 Å². The number of aromatic nitrogens is 3. The number of amides is 1. The molecule has 218 valence electrons. The summed E-state index contributed by atoms with van der Waals surface area (Å²) in [6.45, 7) is 21.3. The Morgan fingerprint density at radius 1 is 1.24 bits per heavy atom. The van der Waals surface area contributed by atoms with Gasteiger partial charge in [-0.1, -0.05) is 27.7 Å². The fourth-order valence-electron chi connectivity index (χ4n) is 4.40. The van der Waals surface area contributed by atoms with Crippen LogP contribution in [0, 0.1) is 18.3 Å². The molecule has 0 saturated heterocycles. The molecule has 0 spiro atoms. The molecule has 1 aliphatic heterocycles. The summed E-state index contributed by atoms with van der Waals surface area (Å²) >= 11 is 1.36. The van der Waals surface area contributed by atoms with Gasteiger partial charge in [-0.3, -0.25) is 4.90 Å². The molecule has 2 aromatic heterocycles. The van der Waals surface area contributed by atoms with Crippen LogP contribution in [0.1, 0.15) is 65.3 Å². The van der Waals surface area contributed by atoms with Crippen LogP contribution >= 0.6 is 11.5 Å². The molecule has 1 aromatic carbocycles. The lowest BCUT2D eigenvalue weighted by molar-refractivity contribution is 0.0575. The Kier molecular flexibility index (Phi) is 8.08. The maximum atomic E-state index is 13.4. The van der Waals surface area contributed by atoms with Gasteiger partial charge in [-0.05, 0) is 81.1 Å². The fraction of sp³-hybridized carbons (Fsp3) is 0.500. The van der Waals surface area contributed by atoms with Crippen LogP contribution < -0.4 is 10.2 Å². The molecule has 1 N–H and O–H groups in total. The highest BCUT2D eigenvalue weighted by molar-refractivity contribution is 7.04. The van der Waals surface area contributed by atoms with E-state index in [0.717, 1.165) is 22.5 Å². The van der Waals surface area contributed by atoms with Crippen molar-refractivity contribution in [1.82, 2.24) is 14.3 Å². The largest absolute Gasteiger partial charge is 0.443 e. The number of carbonyl (C=O) groups is 1. The normalized spacial score (nSPS) is 17.2. The van der Waals surface area contributed by atoms with Crippen molar-refractivity contribution >= 4 is 43.3 Å². The van der Waals surface area contributed by atoms with E-state index in [1.165, 1.54) is 11.5 Å². The molecule has 4 rings (SSSR count). The lowest BCUT2D eigenvalue weighted by Gasteiger charge is -2.39. The van der Waals surface area contributed by atoms with Crippen molar-refractivity contribution in [3.05, 3.63) is 46.6 Å². The molecule has 9 nitrogen and oxygen atoms in total. The van der Waals surface area contributed by atoms with Crippen LogP contribution in [-0.4, -0.2) is 47.5 Å². The lowest BCUT2D eigenvalue weighted by Crippen LogP contribution is -2.46. The first-order chi connectivity index (χ1) is 18.9. The van der Waals surface area contributed by atoms with Crippen molar-refractivity contribution in [2.75, 3.05) is 23.4 Å². The minimum absolute atomic E-state index is 0.0238. The van der Waals surface area contributed by atoms with E-state index in [4.69, 9.17) is 14.1 Å². The minimum Gasteiger partial charge on any atom is -0.443 e. The van der Waals surface area contributed by atoms with E-state index in [9.17, 15) is 10.1 Å². The smallest absolute Gasteiger partial charge is 0.414 e. The van der Waals surface area contributed by atoms with Gasteiger partial charge in [0, 0.05) is 35.7 Å². The van der Waals surface area contributed by atoms with E-state index in [-0.39, 0.29) is 5.04 Å². The summed E-state index contributed by atoms with van der Waals surface area (Å²) in [4.78, 5) is 24.2. The zero-order valence-electron chi connectivity index (χ0n) is 25.7. The summed E-state index contributed by atoms with van der Waals surface area (Å²) in [5.41, 5.74) is 3.70. The Balaban J connectivity index is 1.80. The minimum atomic E-state index is -2.10. The predicted octanol–water partition coefficient (Wildman–Crippen LogP) is 7.56. The second-order valence-electron chi connectivity index (χ2n) is 13.4. The van der Waals surface area contributed by atoms with Gasteiger partial charge in [-0.15, -0.1) is 0 Å². The predicted molar refractivity (Wildman–Crippen MR) is 166 cm³/mol. The molecule has 0 saturated carbocycles.